The van der Waals surface area contributed by atoms with E-state index in [1.54, 1.807) is 0 Å². The van der Waals surface area contributed by atoms with E-state index in [-0.39, 0.29) is 5.92 Å². The van der Waals surface area contributed by atoms with Gasteiger partial charge in [0.05, 0.1) is 12.5 Å². The zero-order chi connectivity index (χ0) is 17.4. The largest absolute Gasteiger partial charge is 0.494 e. The molecule has 0 radical (unpaired) electrons. The molecule has 1 aliphatic carbocycles. The number of rotatable bonds is 9. The number of hydrogen-bond acceptors (Lipinski definition) is 2. The van der Waals surface area contributed by atoms with Crippen molar-refractivity contribution < 1.29 is 14.6 Å². The molecule has 134 valence electrons. The Labute approximate surface area is 146 Å². The van der Waals surface area contributed by atoms with Gasteiger partial charge in [0.1, 0.15) is 5.75 Å². The molecule has 0 aromatic heterocycles. The Hall–Kier alpha value is -1.51. The molecule has 1 N–H and O–H groups in total. The lowest BCUT2D eigenvalue weighted by Gasteiger charge is -2.33. The van der Waals surface area contributed by atoms with Crippen molar-refractivity contribution in [3.8, 4) is 5.75 Å². The number of unbranched alkanes of at least 4 members (excludes halogenated alkanes) is 1. The summed E-state index contributed by atoms with van der Waals surface area (Å²) in [6.07, 6.45) is 8.41. The number of aliphatic carboxylic acids is 1. The van der Waals surface area contributed by atoms with Crippen LogP contribution < -0.4 is 4.74 Å². The summed E-state index contributed by atoms with van der Waals surface area (Å²) in [6, 6.07) is 8.61. The fourth-order valence-electron chi connectivity index (χ4n) is 3.90. The predicted molar refractivity (Wildman–Crippen MR) is 97.6 cm³/mol. The Morgan fingerprint density at radius 2 is 1.79 bits per heavy atom. The summed E-state index contributed by atoms with van der Waals surface area (Å²) in [5.74, 6) is 1.38. The molecule has 2 rings (SSSR count). The summed E-state index contributed by atoms with van der Waals surface area (Å²) in [5.41, 5.74) is 1.39. The van der Waals surface area contributed by atoms with Crippen LogP contribution in [-0.2, 0) is 4.79 Å². The van der Waals surface area contributed by atoms with Crippen LogP contribution in [0.3, 0.4) is 0 Å². The number of carbonyl (C=O) groups is 1. The van der Waals surface area contributed by atoms with Gasteiger partial charge in [-0.25, -0.2) is 0 Å². The van der Waals surface area contributed by atoms with Crippen LogP contribution in [0.25, 0.3) is 0 Å². The van der Waals surface area contributed by atoms with E-state index >= 15 is 0 Å². The number of carboxylic acids is 1. The topological polar surface area (TPSA) is 46.5 Å². The van der Waals surface area contributed by atoms with Gasteiger partial charge < -0.3 is 9.84 Å². The summed E-state index contributed by atoms with van der Waals surface area (Å²) >= 11 is 0. The molecule has 24 heavy (non-hydrogen) atoms. The molecule has 0 aliphatic heterocycles. The molecule has 1 aromatic rings. The van der Waals surface area contributed by atoms with Gasteiger partial charge in [-0.05, 0) is 68.1 Å². The molecular formula is C21H32O3. The van der Waals surface area contributed by atoms with Crippen molar-refractivity contribution in [3.05, 3.63) is 29.8 Å². The fraction of sp³-hybridized carbons (Fsp3) is 0.667. The number of hydrogen-bond donors (Lipinski definition) is 1. The molecule has 1 fully saturated rings. The standard InChI is InChI=1S/C21H32O3/c1-3-5-6-20(16-7-9-18(10-8-16)21(22)23)17-11-13-19(14-12-17)24-15-4-2/h11-14,16,18,20H,3-10,15H2,1-2H3,(H,22,23). The molecule has 0 bridgehead atoms. The second kappa shape index (κ2) is 9.71. The van der Waals surface area contributed by atoms with E-state index in [1.807, 2.05) is 0 Å². The monoisotopic (exact) mass is 332 g/mol. The van der Waals surface area contributed by atoms with E-state index in [0.717, 1.165) is 44.5 Å². The van der Waals surface area contributed by atoms with Crippen molar-refractivity contribution >= 4 is 5.97 Å². The SMILES string of the molecule is CCCCC(c1ccc(OCCC)cc1)C1CCC(C(=O)O)CC1. The molecule has 1 saturated carbocycles. The first-order chi connectivity index (χ1) is 11.7. The molecule has 3 heteroatoms. The maximum absolute atomic E-state index is 11.2. The molecule has 3 nitrogen and oxygen atoms in total. The van der Waals surface area contributed by atoms with Crippen LogP contribution in [0.15, 0.2) is 24.3 Å². The van der Waals surface area contributed by atoms with Crippen molar-refractivity contribution in [1.82, 2.24) is 0 Å². The lowest BCUT2D eigenvalue weighted by Crippen LogP contribution is -2.25. The zero-order valence-corrected chi connectivity index (χ0v) is 15.2. The molecule has 0 heterocycles. The van der Waals surface area contributed by atoms with Gasteiger partial charge >= 0.3 is 5.97 Å². The Balaban J connectivity index is 2.03. The highest BCUT2D eigenvalue weighted by Gasteiger charge is 2.31. The first-order valence-electron chi connectivity index (χ1n) is 9.61. The number of carboxylic acid groups (broad SMARTS) is 1. The number of ether oxygens (including phenoxy) is 1. The Morgan fingerprint density at radius 3 is 2.33 bits per heavy atom. The predicted octanol–water partition coefficient (Wildman–Crippen LogP) is 5.64. The van der Waals surface area contributed by atoms with E-state index < -0.39 is 5.97 Å². The molecule has 0 spiro atoms. The summed E-state index contributed by atoms with van der Waals surface area (Å²) in [5, 5.41) is 9.21. The Morgan fingerprint density at radius 1 is 1.12 bits per heavy atom. The first-order valence-corrected chi connectivity index (χ1v) is 9.61. The van der Waals surface area contributed by atoms with Crippen LogP contribution in [0.5, 0.6) is 5.75 Å². The van der Waals surface area contributed by atoms with Crippen molar-refractivity contribution in [3.63, 3.8) is 0 Å². The summed E-state index contributed by atoms with van der Waals surface area (Å²) in [7, 11) is 0. The third kappa shape index (κ3) is 5.25. The van der Waals surface area contributed by atoms with Gasteiger partial charge in [0.25, 0.3) is 0 Å². The highest BCUT2D eigenvalue weighted by molar-refractivity contribution is 5.70. The maximum atomic E-state index is 11.2. The van der Waals surface area contributed by atoms with Crippen LogP contribution in [0.4, 0.5) is 0 Å². The third-order valence-electron chi connectivity index (χ3n) is 5.34. The average Bonchev–Trinajstić information content (AvgIpc) is 2.61. The Bertz CT molecular complexity index is 486. The van der Waals surface area contributed by atoms with Gasteiger partial charge in [-0.1, -0.05) is 38.8 Å². The van der Waals surface area contributed by atoms with E-state index in [0.29, 0.717) is 11.8 Å². The van der Waals surface area contributed by atoms with Crippen LogP contribution in [0.2, 0.25) is 0 Å². The van der Waals surface area contributed by atoms with Gasteiger partial charge in [-0.2, -0.15) is 0 Å². The normalized spacial score (nSPS) is 22.1. The third-order valence-corrected chi connectivity index (χ3v) is 5.34. The average molecular weight is 332 g/mol. The highest BCUT2D eigenvalue weighted by atomic mass is 16.5. The van der Waals surface area contributed by atoms with E-state index in [2.05, 4.69) is 38.1 Å². The minimum Gasteiger partial charge on any atom is -0.494 e. The van der Waals surface area contributed by atoms with Gasteiger partial charge in [-0.3, -0.25) is 4.79 Å². The van der Waals surface area contributed by atoms with E-state index in [1.165, 1.54) is 24.8 Å². The highest BCUT2D eigenvalue weighted by Crippen LogP contribution is 2.41. The molecular weight excluding hydrogens is 300 g/mol. The molecule has 1 atom stereocenters. The van der Waals surface area contributed by atoms with E-state index in [4.69, 9.17) is 4.74 Å². The summed E-state index contributed by atoms with van der Waals surface area (Å²) in [6.45, 7) is 5.11. The van der Waals surface area contributed by atoms with Crippen molar-refractivity contribution in [2.45, 2.75) is 71.1 Å². The van der Waals surface area contributed by atoms with Crippen molar-refractivity contribution in [2.75, 3.05) is 6.61 Å². The van der Waals surface area contributed by atoms with Crippen LogP contribution >= 0.6 is 0 Å². The van der Waals surface area contributed by atoms with Gasteiger partial charge in [0, 0.05) is 0 Å². The van der Waals surface area contributed by atoms with Crippen LogP contribution in [0.1, 0.15) is 76.7 Å². The maximum Gasteiger partial charge on any atom is 0.306 e. The van der Waals surface area contributed by atoms with E-state index in [9.17, 15) is 9.90 Å². The van der Waals surface area contributed by atoms with Crippen molar-refractivity contribution in [1.29, 1.82) is 0 Å². The van der Waals surface area contributed by atoms with Crippen molar-refractivity contribution in [2.24, 2.45) is 11.8 Å². The first kappa shape index (κ1) is 18.8. The molecule has 1 aromatic carbocycles. The molecule has 0 saturated heterocycles. The van der Waals surface area contributed by atoms with Crippen LogP contribution in [0, 0.1) is 11.8 Å². The van der Waals surface area contributed by atoms with Gasteiger partial charge in [-0.15, -0.1) is 0 Å². The fourth-order valence-corrected chi connectivity index (χ4v) is 3.90. The number of benzene rings is 1. The molecule has 1 aliphatic rings. The molecule has 0 amide bonds. The second-order valence-electron chi connectivity index (χ2n) is 7.12. The molecule has 1 unspecified atom stereocenters. The second-order valence-corrected chi connectivity index (χ2v) is 7.12. The minimum absolute atomic E-state index is 0.127. The lowest BCUT2D eigenvalue weighted by molar-refractivity contribution is -0.143. The minimum atomic E-state index is -0.615. The quantitative estimate of drug-likeness (QED) is 0.636. The van der Waals surface area contributed by atoms with Gasteiger partial charge in [0.15, 0.2) is 0 Å². The zero-order valence-electron chi connectivity index (χ0n) is 15.2. The lowest BCUT2D eigenvalue weighted by atomic mass is 9.72. The summed E-state index contributed by atoms with van der Waals surface area (Å²) < 4.78 is 5.69. The summed E-state index contributed by atoms with van der Waals surface area (Å²) in [4.78, 5) is 11.2. The van der Waals surface area contributed by atoms with Crippen LogP contribution in [-0.4, -0.2) is 17.7 Å². The van der Waals surface area contributed by atoms with Gasteiger partial charge in [0.2, 0.25) is 0 Å². The Kier molecular flexibility index (Phi) is 7.61. The smallest absolute Gasteiger partial charge is 0.306 e.